The van der Waals surface area contributed by atoms with Gasteiger partial charge >= 0.3 is 23.9 Å². The van der Waals surface area contributed by atoms with E-state index in [-0.39, 0.29) is 11.7 Å². The van der Waals surface area contributed by atoms with E-state index in [1.807, 2.05) is 26.0 Å². The summed E-state index contributed by atoms with van der Waals surface area (Å²) in [5.41, 5.74) is 1.05. The Morgan fingerprint density at radius 2 is 1.29 bits per heavy atom. The number of pyridine rings is 1. The third-order valence-electron chi connectivity index (χ3n) is 2.49. The van der Waals surface area contributed by atoms with E-state index in [1.165, 1.54) is 0 Å². The number of carbonyl (C=O) groups is 3. The van der Waals surface area contributed by atoms with Gasteiger partial charge in [-0.05, 0) is 17.7 Å². The van der Waals surface area contributed by atoms with Crippen LogP contribution in [0.25, 0.3) is 0 Å². The largest absolute Gasteiger partial charge is 0.458 e. The van der Waals surface area contributed by atoms with Crippen molar-refractivity contribution in [3.63, 3.8) is 0 Å². The molecule has 0 aliphatic carbocycles. The van der Waals surface area contributed by atoms with Crippen LogP contribution in [0.2, 0.25) is 0 Å². The highest BCUT2D eigenvalue weighted by molar-refractivity contribution is 6.41. The van der Waals surface area contributed by atoms with Crippen molar-refractivity contribution < 1.29 is 40.7 Å². The summed E-state index contributed by atoms with van der Waals surface area (Å²) in [5.74, 6) is -6.41. The van der Waals surface area contributed by atoms with Crippen LogP contribution in [0.3, 0.4) is 0 Å². The van der Waals surface area contributed by atoms with Crippen molar-refractivity contribution in [1.29, 1.82) is 0 Å². The number of rotatable bonds is 4. The van der Waals surface area contributed by atoms with Crippen LogP contribution in [0.5, 0.6) is 0 Å². The lowest BCUT2D eigenvalue weighted by Gasteiger charge is -2.05. The molecule has 0 radical (unpaired) electrons. The molecule has 0 bridgehead atoms. The van der Waals surface area contributed by atoms with Crippen LogP contribution in [0.1, 0.15) is 19.4 Å². The lowest BCUT2D eigenvalue weighted by Crippen LogP contribution is -2.39. The highest BCUT2D eigenvalue weighted by atomic mass is 19.4. The van der Waals surface area contributed by atoms with E-state index in [1.54, 1.807) is 12.4 Å². The second-order valence-corrected chi connectivity index (χ2v) is 4.81. The molecule has 0 saturated heterocycles. The van der Waals surface area contributed by atoms with Crippen LogP contribution in [0, 0.1) is 5.92 Å². The number of aromatic nitrogens is 1. The molecule has 0 aromatic carbocycles. The molecule has 0 spiro atoms. The molecular formula is C14H13F6NO3. The number of halogens is 6. The molecule has 4 nitrogen and oxygen atoms in total. The van der Waals surface area contributed by atoms with Gasteiger partial charge in [0.1, 0.15) is 5.78 Å². The minimum absolute atomic E-state index is 0.123. The first kappa shape index (κ1) is 21.7. The molecular weight excluding hydrogens is 344 g/mol. The van der Waals surface area contributed by atoms with Crippen molar-refractivity contribution in [3.8, 4) is 0 Å². The van der Waals surface area contributed by atoms with Crippen molar-refractivity contribution in [1.82, 2.24) is 4.98 Å². The van der Waals surface area contributed by atoms with Crippen LogP contribution in [-0.2, 0) is 20.8 Å². The lowest BCUT2D eigenvalue weighted by atomic mass is 10.0. The molecule has 0 N–H and O–H groups in total. The first-order valence-corrected chi connectivity index (χ1v) is 6.41. The molecule has 1 aromatic rings. The Morgan fingerprint density at radius 3 is 1.58 bits per heavy atom. The van der Waals surface area contributed by atoms with E-state index < -0.39 is 23.9 Å². The molecule has 0 unspecified atom stereocenters. The minimum Gasteiger partial charge on any atom is -0.299 e. The van der Waals surface area contributed by atoms with Gasteiger partial charge in [-0.2, -0.15) is 26.3 Å². The van der Waals surface area contributed by atoms with E-state index in [2.05, 4.69) is 4.98 Å². The van der Waals surface area contributed by atoms with Gasteiger partial charge in [0, 0.05) is 24.7 Å². The van der Waals surface area contributed by atoms with Crippen LogP contribution in [-0.4, -0.2) is 34.7 Å². The van der Waals surface area contributed by atoms with Crippen molar-refractivity contribution in [2.75, 3.05) is 0 Å². The Labute approximate surface area is 132 Å². The molecule has 0 atom stereocenters. The Morgan fingerprint density at radius 1 is 0.917 bits per heavy atom. The molecule has 0 fully saturated rings. The van der Waals surface area contributed by atoms with Gasteiger partial charge in [-0.3, -0.25) is 19.4 Å². The zero-order valence-corrected chi connectivity index (χ0v) is 12.5. The minimum atomic E-state index is -5.77. The van der Waals surface area contributed by atoms with Crippen LogP contribution in [0.15, 0.2) is 24.5 Å². The van der Waals surface area contributed by atoms with E-state index in [0.29, 0.717) is 6.42 Å². The number of Topliss-reactive ketones (excluding diaryl/α,β-unsaturated/α-hetero) is 3. The van der Waals surface area contributed by atoms with Gasteiger partial charge in [0.05, 0.1) is 0 Å². The first-order chi connectivity index (χ1) is 10.8. The fourth-order valence-electron chi connectivity index (χ4n) is 1.16. The highest BCUT2D eigenvalue weighted by Gasteiger charge is 2.54. The summed E-state index contributed by atoms with van der Waals surface area (Å²) in [4.78, 5) is 34.4. The Balaban J connectivity index is 0.000000441. The average molecular weight is 357 g/mol. The zero-order chi connectivity index (χ0) is 19.1. The summed E-state index contributed by atoms with van der Waals surface area (Å²) in [7, 11) is 0. The van der Waals surface area contributed by atoms with Crippen molar-refractivity contribution in [2.45, 2.75) is 32.6 Å². The SMILES string of the molecule is CC(C)C(=O)Cc1ccncc1.O=C(C(=O)C(F)(F)F)C(F)(F)F. The summed E-state index contributed by atoms with van der Waals surface area (Å²) in [6.45, 7) is 3.84. The molecule has 1 heterocycles. The Hall–Kier alpha value is -2.26. The number of hydrogen-bond acceptors (Lipinski definition) is 4. The van der Waals surface area contributed by atoms with Crippen LogP contribution >= 0.6 is 0 Å². The first-order valence-electron chi connectivity index (χ1n) is 6.41. The normalized spacial score (nSPS) is 11.5. The summed E-state index contributed by atoms with van der Waals surface area (Å²) in [5, 5.41) is 0. The predicted molar refractivity (Wildman–Crippen MR) is 69.9 cm³/mol. The number of nitrogens with zero attached hydrogens (tertiary/aromatic N) is 1. The van der Waals surface area contributed by atoms with Gasteiger partial charge in [-0.1, -0.05) is 13.8 Å². The number of alkyl halides is 6. The van der Waals surface area contributed by atoms with Crippen molar-refractivity contribution >= 4 is 17.3 Å². The predicted octanol–water partition coefficient (Wildman–Crippen LogP) is 3.10. The summed E-state index contributed by atoms with van der Waals surface area (Å²) < 4.78 is 67.0. The molecule has 1 aromatic heterocycles. The maximum atomic E-state index is 11.3. The number of carbonyl (C=O) groups excluding carboxylic acids is 3. The smallest absolute Gasteiger partial charge is 0.299 e. The van der Waals surface area contributed by atoms with E-state index >= 15 is 0 Å². The van der Waals surface area contributed by atoms with Gasteiger partial charge < -0.3 is 0 Å². The number of ketones is 3. The molecule has 0 aliphatic rings. The van der Waals surface area contributed by atoms with E-state index in [4.69, 9.17) is 0 Å². The lowest BCUT2D eigenvalue weighted by molar-refractivity contribution is -0.193. The second kappa shape index (κ2) is 8.55. The third kappa shape index (κ3) is 7.84. The second-order valence-electron chi connectivity index (χ2n) is 4.81. The van der Waals surface area contributed by atoms with Gasteiger partial charge in [-0.25, -0.2) is 0 Å². The summed E-state index contributed by atoms with van der Waals surface area (Å²) in [6, 6.07) is 3.75. The van der Waals surface area contributed by atoms with Crippen molar-refractivity contribution in [3.05, 3.63) is 30.1 Å². The highest BCUT2D eigenvalue weighted by Crippen LogP contribution is 2.23. The quantitative estimate of drug-likeness (QED) is 0.614. The Bertz CT molecular complexity index is 554. The topological polar surface area (TPSA) is 64.1 Å². The summed E-state index contributed by atoms with van der Waals surface area (Å²) in [6.07, 6.45) is -7.59. The third-order valence-corrected chi connectivity index (χ3v) is 2.49. The molecule has 1 rings (SSSR count). The fourth-order valence-corrected chi connectivity index (χ4v) is 1.16. The maximum absolute atomic E-state index is 11.3. The van der Waals surface area contributed by atoms with E-state index in [9.17, 15) is 40.7 Å². The van der Waals surface area contributed by atoms with Crippen LogP contribution in [0.4, 0.5) is 26.3 Å². The Kier molecular flexibility index (Phi) is 7.75. The molecule has 24 heavy (non-hydrogen) atoms. The average Bonchev–Trinajstić information content (AvgIpc) is 2.45. The molecule has 0 amide bonds. The maximum Gasteiger partial charge on any atom is 0.458 e. The van der Waals surface area contributed by atoms with Gasteiger partial charge in [-0.15, -0.1) is 0 Å². The molecule has 0 aliphatic heterocycles. The van der Waals surface area contributed by atoms with E-state index in [0.717, 1.165) is 5.56 Å². The molecule has 0 saturated carbocycles. The summed E-state index contributed by atoms with van der Waals surface area (Å²) >= 11 is 0. The van der Waals surface area contributed by atoms with Gasteiger partial charge in [0.2, 0.25) is 0 Å². The molecule has 134 valence electrons. The van der Waals surface area contributed by atoms with Gasteiger partial charge in [0.25, 0.3) is 0 Å². The zero-order valence-electron chi connectivity index (χ0n) is 12.5. The number of hydrogen-bond donors (Lipinski definition) is 0. The fraction of sp³-hybridized carbons (Fsp3) is 0.429. The van der Waals surface area contributed by atoms with Gasteiger partial charge in [0.15, 0.2) is 0 Å². The standard InChI is InChI=1S/C10H13NO.C4F6O2/c1-8(2)10(12)7-9-3-5-11-6-4-9;5-3(6,7)1(11)2(12)4(8,9)10/h3-6,8H,7H2,1-2H3;. The van der Waals surface area contributed by atoms with Crippen molar-refractivity contribution in [2.24, 2.45) is 5.92 Å². The monoisotopic (exact) mass is 357 g/mol. The van der Waals surface area contributed by atoms with Crippen LogP contribution < -0.4 is 0 Å². The molecule has 10 heteroatoms.